The molecule has 0 bridgehead atoms. The van der Waals surface area contributed by atoms with Gasteiger partial charge < -0.3 is 16.0 Å². The van der Waals surface area contributed by atoms with Crippen molar-refractivity contribution in [2.75, 3.05) is 13.1 Å². The van der Waals surface area contributed by atoms with E-state index in [9.17, 15) is 9.59 Å². The van der Waals surface area contributed by atoms with Gasteiger partial charge in [-0.05, 0) is 26.2 Å². The summed E-state index contributed by atoms with van der Waals surface area (Å²) in [5.41, 5.74) is 5.30. The van der Waals surface area contributed by atoms with Crippen LogP contribution in [0.3, 0.4) is 0 Å². The Morgan fingerprint density at radius 2 is 2.12 bits per heavy atom. The van der Waals surface area contributed by atoms with Gasteiger partial charge >= 0.3 is 6.03 Å². The predicted molar refractivity (Wildman–Crippen MR) is 66.4 cm³/mol. The summed E-state index contributed by atoms with van der Waals surface area (Å²) in [6, 6.07) is 0.115. The first-order chi connectivity index (χ1) is 8.06. The zero-order valence-corrected chi connectivity index (χ0v) is 10.7. The summed E-state index contributed by atoms with van der Waals surface area (Å²) in [7, 11) is 0. The van der Waals surface area contributed by atoms with Crippen molar-refractivity contribution in [3.8, 4) is 0 Å². The van der Waals surface area contributed by atoms with Crippen LogP contribution >= 0.6 is 0 Å². The molecule has 0 saturated carbocycles. The first kappa shape index (κ1) is 13.8. The molecule has 0 aromatic heterocycles. The molecule has 0 radical (unpaired) electrons. The van der Waals surface area contributed by atoms with Gasteiger partial charge in [0.05, 0.1) is 5.92 Å². The molecule has 2 atom stereocenters. The van der Waals surface area contributed by atoms with Gasteiger partial charge in [0.15, 0.2) is 0 Å². The van der Waals surface area contributed by atoms with Gasteiger partial charge in [0.1, 0.15) is 0 Å². The molecule has 3 N–H and O–H groups in total. The number of primary amides is 1. The maximum absolute atomic E-state index is 11.9. The smallest absolute Gasteiger partial charge is 0.317 e. The number of hydrogen-bond acceptors (Lipinski definition) is 2. The second kappa shape index (κ2) is 6.47. The second-order valence-corrected chi connectivity index (χ2v) is 4.76. The minimum Gasteiger partial charge on any atom is -0.369 e. The van der Waals surface area contributed by atoms with E-state index < -0.39 is 0 Å². The fourth-order valence-electron chi connectivity index (χ4n) is 2.10. The van der Waals surface area contributed by atoms with Crippen LogP contribution in [0.15, 0.2) is 0 Å². The van der Waals surface area contributed by atoms with Crippen LogP contribution in [0.4, 0.5) is 4.79 Å². The third kappa shape index (κ3) is 3.91. The molecule has 0 aliphatic carbocycles. The average molecular weight is 241 g/mol. The number of hydrogen-bond donors (Lipinski definition) is 2. The predicted octanol–water partition coefficient (Wildman–Crippen LogP) is 1.08. The third-order valence-corrected chi connectivity index (χ3v) is 3.35. The second-order valence-electron chi connectivity index (χ2n) is 4.76. The Bertz CT molecular complexity index is 281. The van der Waals surface area contributed by atoms with Crippen LogP contribution in [-0.4, -0.2) is 36.0 Å². The molecule has 1 heterocycles. The molecular weight excluding hydrogens is 218 g/mol. The quantitative estimate of drug-likeness (QED) is 0.723. The maximum atomic E-state index is 11.9. The number of likely N-dealkylation sites (tertiary alicyclic amines) is 1. The van der Waals surface area contributed by atoms with E-state index in [0.717, 1.165) is 25.7 Å². The Balaban J connectivity index is 2.48. The number of nitrogens with zero attached hydrogens (tertiary/aromatic N) is 1. The van der Waals surface area contributed by atoms with E-state index in [1.807, 2.05) is 6.92 Å². The summed E-state index contributed by atoms with van der Waals surface area (Å²) in [6.07, 6.45) is 3.66. The van der Waals surface area contributed by atoms with Gasteiger partial charge in [-0.15, -0.1) is 0 Å². The number of rotatable bonds is 4. The molecule has 0 aromatic carbocycles. The Labute approximate surface area is 103 Å². The summed E-state index contributed by atoms with van der Waals surface area (Å²) in [6.45, 7) is 5.24. The van der Waals surface area contributed by atoms with Crippen LogP contribution in [0.25, 0.3) is 0 Å². The molecule has 3 amide bonds. The summed E-state index contributed by atoms with van der Waals surface area (Å²) < 4.78 is 0. The Morgan fingerprint density at radius 1 is 1.41 bits per heavy atom. The van der Waals surface area contributed by atoms with E-state index in [1.54, 1.807) is 4.90 Å². The molecule has 1 saturated heterocycles. The number of nitrogens with one attached hydrogen (secondary N) is 1. The highest BCUT2D eigenvalue weighted by Gasteiger charge is 2.31. The first-order valence-electron chi connectivity index (χ1n) is 6.40. The van der Waals surface area contributed by atoms with Gasteiger partial charge in [-0.2, -0.15) is 0 Å². The van der Waals surface area contributed by atoms with Crippen LogP contribution < -0.4 is 11.1 Å². The fraction of sp³-hybridized carbons (Fsp3) is 0.833. The number of carbonyl (C=O) groups is 2. The van der Waals surface area contributed by atoms with E-state index >= 15 is 0 Å². The molecule has 1 rings (SSSR count). The number of carbonyl (C=O) groups excluding carboxylic acids is 2. The highest BCUT2D eigenvalue weighted by molar-refractivity contribution is 5.79. The Hall–Kier alpha value is -1.26. The number of nitrogens with two attached hydrogens (primary N) is 1. The Morgan fingerprint density at radius 3 is 2.71 bits per heavy atom. The first-order valence-corrected chi connectivity index (χ1v) is 6.40. The molecular formula is C12H23N3O2. The van der Waals surface area contributed by atoms with Crippen molar-refractivity contribution >= 4 is 11.9 Å². The van der Waals surface area contributed by atoms with E-state index in [1.165, 1.54) is 0 Å². The van der Waals surface area contributed by atoms with E-state index in [2.05, 4.69) is 12.2 Å². The lowest BCUT2D eigenvalue weighted by atomic mass is 9.93. The van der Waals surface area contributed by atoms with Crippen molar-refractivity contribution in [3.63, 3.8) is 0 Å². The summed E-state index contributed by atoms with van der Waals surface area (Å²) >= 11 is 0. The van der Waals surface area contributed by atoms with Crippen LogP contribution in [-0.2, 0) is 4.79 Å². The highest BCUT2D eigenvalue weighted by atomic mass is 16.2. The number of piperidine rings is 1. The lowest BCUT2D eigenvalue weighted by molar-refractivity contribution is -0.123. The highest BCUT2D eigenvalue weighted by Crippen LogP contribution is 2.21. The van der Waals surface area contributed by atoms with Gasteiger partial charge in [-0.25, -0.2) is 4.79 Å². The van der Waals surface area contributed by atoms with Crippen LogP contribution in [0.5, 0.6) is 0 Å². The Kier molecular flexibility index (Phi) is 5.25. The van der Waals surface area contributed by atoms with Crippen molar-refractivity contribution < 1.29 is 9.59 Å². The minimum absolute atomic E-state index is 0.0723. The SMILES string of the molecule is CCCCNC(=O)N1CC(C(N)=O)CCC1C. The third-order valence-electron chi connectivity index (χ3n) is 3.35. The van der Waals surface area contributed by atoms with Crippen molar-refractivity contribution in [1.29, 1.82) is 0 Å². The number of unbranched alkanes of at least 4 members (excludes halogenated alkanes) is 1. The standard InChI is InChI=1S/C12H23N3O2/c1-3-4-7-14-12(17)15-8-10(11(13)16)6-5-9(15)2/h9-10H,3-8H2,1-2H3,(H2,13,16)(H,14,17). The monoisotopic (exact) mass is 241 g/mol. The van der Waals surface area contributed by atoms with Crippen LogP contribution in [0.2, 0.25) is 0 Å². The van der Waals surface area contributed by atoms with E-state index in [0.29, 0.717) is 13.1 Å². The molecule has 0 spiro atoms. The molecule has 2 unspecified atom stereocenters. The maximum Gasteiger partial charge on any atom is 0.317 e. The largest absolute Gasteiger partial charge is 0.369 e. The molecule has 1 fully saturated rings. The van der Waals surface area contributed by atoms with Gasteiger partial charge in [0, 0.05) is 19.1 Å². The lowest BCUT2D eigenvalue weighted by Gasteiger charge is -2.36. The van der Waals surface area contributed by atoms with E-state index in [-0.39, 0.29) is 23.9 Å². The summed E-state index contributed by atoms with van der Waals surface area (Å²) in [4.78, 5) is 24.8. The van der Waals surface area contributed by atoms with Crippen molar-refractivity contribution in [2.45, 2.75) is 45.6 Å². The van der Waals surface area contributed by atoms with Gasteiger partial charge in [0.2, 0.25) is 5.91 Å². The van der Waals surface area contributed by atoms with Gasteiger partial charge in [-0.1, -0.05) is 13.3 Å². The molecule has 98 valence electrons. The molecule has 17 heavy (non-hydrogen) atoms. The number of urea groups is 1. The fourth-order valence-corrected chi connectivity index (χ4v) is 2.10. The van der Waals surface area contributed by atoms with Crippen LogP contribution in [0, 0.1) is 5.92 Å². The zero-order chi connectivity index (χ0) is 12.8. The van der Waals surface area contributed by atoms with Crippen molar-refractivity contribution in [1.82, 2.24) is 10.2 Å². The number of amides is 3. The zero-order valence-electron chi connectivity index (χ0n) is 10.7. The van der Waals surface area contributed by atoms with Crippen LogP contribution in [0.1, 0.15) is 39.5 Å². The average Bonchev–Trinajstić information content (AvgIpc) is 2.29. The molecule has 0 aromatic rings. The normalized spacial score (nSPS) is 24.5. The summed E-state index contributed by atoms with van der Waals surface area (Å²) in [5, 5.41) is 2.88. The molecule has 1 aliphatic heterocycles. The molecule has 5 heteroatoms. The molecule has 1 aliphatic rings. The van der Waals surface area contributed by atoms with E-state index in [4.69, 9.17) is 5.73 Å². The summed E-state index contributed by atoms with van der Waals surface area (Å²) in [5.74, 6) is -0.494. The van der Waals surface area contributed by atoms with Crippen molar-refractivity contribution in [2.24, 2.45) is 11.7 Å². The van der Waals surface area contributed by atoms with Crippen molar-refractivity contribution in [3.05, 3.63) is 0 Å². The van der Waals surface area contributed by atoms with Gasteiger partial charge in [0.25, 0.3) is 0 Å². The topological polar surface area (TPSA) is 75.4 Å². The van der Waals surface area contributed by atoms with Gasteiger partial charge in [-0.3, -0.25) is 4.79 Å². The lowest BCUT2D eigenvalue weighted by Crippen LogP contribution is -2.52. The molecule has 5 nitrogen and oxygen atoms in total. The minimum atomic E-state index is -0.303.